The van der Waals surface area contributed by atoms with Crippen molar-refractivity contribution < 1.29 is 13.2 Å². The standard InChI is InChI=1S/C15H19F3/c1-3-9-14(4-2)10-13(14)11-7-5-6-8-12(11)15(16,17)18/h5-8,13H,3-4,9-10H2,1-2H3/t13?,14-/m0/s1. The molecule has 0 N–H and O–H groups in total. The zero-order chi connectivity index (χ0) is 13.4. The van der Waals surface area contributed by atoms with Crippen LogP contribution in [0.25, 0.3) is 0 Å². The Morgan fingerprint density at radius 3 is 2.44 bits per heavy atom. The fourth-order valence-corrected chi connectivity index (χ4v) is 3.19. The van der Waals surface area contributed by atoms with Crippen LogP contribution in [0, 0.1) is 5.41 Å². The first-order valence-electron chi connectivity index (χ1n) is 6.60. The largest absolute Gasteiger partial charge is 0.416 e. The maximum Gasteiger partial charge on any atom is 0.416 e. The Morgan fingerprint density at radius 1 is 1.22 bits per heavy atom. The van der Waals surface area contributed by atoms with Crippen molar-refractivity contribution in [1.29, 1.82) is 0 Å². The van der Waals surface area contributed by atoms with Crippen LogP contribution >= 0.6 is 0 Å². The molecule has 1 aromatic carbocycles. The van der Waals surface area contributed by atoms with Crippen molar-refractivity contribution in [3.63, 3.8) is 0 Å². The van der Waals surface area contributed by atoms with E-state index in [1.807, 2.05) is 0 Å². The molecule has 0 aromatic heterocycles. The minimum Gasteiger partial charge on any atom is -0.166 e. The number of halogens is 3. The number of hydrogen-bond donors (Lipinski definition) is 0. The molecule has 18 heavy (non-hydrogen) atoms. The van der Waals surface area contributed by atoms with E-state index in [0.29, 0.717) is 5.56 Å². The summed E-state index contributed by atoms with van der Waals surface area (Å²) in [6.07, 6.45) is -0.286. The SMILES string of the molecule is CCC[C@@]1(CC)CC1c1ccccc1C(F)(F)F. The molecule has 1 aromatic rings. The molecule has 100 valence electrons. The van der Waals surface area contributed by atoms with Gasteiger partial charge in [-0.25, -0.2) is 0 Å². The summed E-state index contributed by atoms with van der Waals surface area (Å²) in [5.41, 5.74) is 0.178. The van der Waals surface area contributed by atoms with Crippen molar-refractivity contribution in [1.82, 2.24) is 0 Å². The Bertz CT molecular complexity index is 422. The zero-order valence-corrected chi connectivity index (χ0v) is 10.8. The second kappa shape index (κ2) is 4.60. The molecule has 1 aliphatic carbocycles. The fourth-order valence-electron chi connectivity index (χ4n) is 3.19. The van der Waals surface area contributed by atoms with Crippen molar-refractivity contribution in [2.45, 2.75) is 51.6 Å². The van der Waals surface area contributed by atoms with E-state index < -0.39 is 11.7 Å². The molecule has 0 radical (unpaired) electrons. The lowest BCUT2D eigenvalue weighted by Gasteiger charge is -2.17. The van der Waals surface area contributed by atoms with Gasteiger partial charge in [0.2, 0.25) is 0 Å². The minimum absolute atomic E-state index is 0.0975. The molecule has 0 bridgehead atoms. The van der Waals surface area contributed by atoms with Crippen LogP contribution < -0.4 is 0 Å². The van der Waals surface area contributed by atoms with Crippen molar-refractivity contribution in [2.24, 2.45) is 5.41 Å². The predicted molar refractivity (Wildman–Crippen MR) is 66.4 cm³/mol. The smallest absolute Gasteiger partial charge is 0.166 e. The molecule has 0 spiro atoms. The average Bonchev–Trinajstić information content (AvgIpc) is 3.04. The first kappa shape index (κ1) is 13.4. The summed E-state index contributed by atoms with van der Waals surface area (Å²) < 4.78 is 38.9. The van der Waals surface area contributed by atoms with Crippen LogP contribution in [0.2, 0.25) is 0 Å². The molecule has 1 saturated carbocycles. The van der Waals surface area contributed by atoms with Crippen molar-refractivity contribution >= 4 is 0 Å². The van der Waals surface area contributed by atoms with E-state index in [0.717, 1.165) is 25.7 Å². The predicted octanol–water partition coefficient (Wildman–Crippen LogP) is 5.39. The van der Waals surface area contributed by atoms with E-state index in [1.165, 1.54) is 12.1 Å². The lowest BCUT2D eigenvalue weighted by Crippen LogP contribution is -2.10. The molecule has 0 nitrogen and oxygen atoms in total. The summed E-state index contributed by atoms with van der Waals surface area (Å²) >= 11 is 0. The van der Waals surface area contributed by atoms with Crippen molar-refractivity contribution in [3.8, 4) is 0 Å². The first-order chi connectivity index (χ1) is 8.44. The van der Waals surface area contributed by atoms with Gasteiger partial charge in [-0.05, 0) is 42.2 Å². The summed E-state index contributed by atoms with van der Waals surface area (Å²) in [6, 6.07) is 6.05. The van der Waals surface area contributed by atoms with Gasteiger partial charge in [0, 0.05) is 0 Å². The Kier molecular flexibility index (Phi) is 3.43. The molecular formula is C15H19F3. The molecule has 2 rings (SSSR count). The van der Waals surface area contributed by atoms with Gasteiger partial charge in [-0.1, -0.05) is 38.5 Å². The van der Waals surface area contributed by atoms with Gasteiger partial charge in [0.05, 0.1) is 5.56 Å². The van der Waals surface area contributed by atoms with Crippen LogP contribution in [-0.4, -0.2) is 0 Å². The minimum atomic E-state index is -4.23. The number of rotatable bonds is 4. The van der Waals surface area contributed by atoms with Gasteiger partial charge in [0.1, 0.15) is 0 Å². The third kappa shape index (κ3) is 2.27. The number of benzene rings is 1. The van der Waals surface area contributed by atoms with Crippen LogP contribution in [0.4, 0.5) is 13.2 Å². The lowest BCUT2D eigenvalue weighted by molar-refractivity contribution is -0.138. The summed E-state index contributed by atoms with van der Waals surface area (Å²) in [6.45, 7) is 4.19. The Labute approximate surface area is 106 Å². The van der Waals surface area contributed by atoms with E-state index in [2.05, 4.69) is 13.8 Å². The van der Waals surface area contributed by atoms with Gasteiger partial charge in [0.15, 0.2) is 0 Å². The number of hydrogen-bond acceptors (Lipinski definition) is 0. The van der Waals surface area contributed by atoms with Crippen LogP contribution in [0.3, 0.4) is 0 Å². The molecule has 0 heterocycles. The normalized spacial score (nSPS) is 27.3. The zero-order valence-electron chi connectivity index (χ0n) is 10.8. The van der Waals surface area contributed by atoms with Gasteiger partial charge in [-0.15, -0.1) is 0 Å². The molecule has 0 aliphatic heterocycles. The molecule has 1 aliphatic rings. The highest BCUT2D eigenvalue weighted by atomic mass is 19.4. The highest BCUT2D eigenvalue weighted by molar-refractivity contribution is 5.38. The molecule has 1 fully saturated rings. The average molecular weight is 256 g/mol. The highest BCUT2D eigenvalue weighted by Crippen LogP contribution is 2.65. The van der Waals surface area contributed by atoms with Crippen molar-refractivity contribution in [3.05, 3.63) is 35.4 Å². The summed E-state index contributed by atoms with van der Waals surface area (Å²) in [5.74, 6) is 0.0975. The van der Waals surface area contributed by atoms with Crippen LogP contribution in [0.15, 0.2) is 24.3 Å². The number of alkyl halides is 3. The highest BCUT2D eigenvalue weighted by Gasteiger charge is 2.54. The van der Waals surface area contributed by atoms with Crippen LogP contribution in [0.1, 0.15) is 56.6 Å². The topological polar surface area (TPSA) is 0 Å². The summed E-state index contributed by atoms with van der Waals surface area (Å²) in [5, 5.41) is 0. The Morgan fingerprint density at radius 2 is 1.89 bits per heavy atom. The maximum atomic E-state index is 13.0. The molecule has 3 heteroatoms. The van der Waals surface area contributed by atoms with E-state index in [9.17, 15) is 13.2 Å². The van der Waals surface area contributed by atoms with Gasteiger partial charge >= 0.3 is 6.18 Å². The van der Waals surface area contributed by atoms with Gasteiger partial charge in [-0.3, -0.25) is 0 Å². The molecule has 0 saturated heterocycles. The second-order valence-corrected chi connectivity index (χ2v) is 5.31. The quantitative estimate of drug-likeness (QED) is 0.677. The molecule has 2 atom stereocenters. The fraction of sp³-hybridized carbons (Fsp3) is 0.600. The van der Waals surface area contributed by atoms with Gasteiger partial charge in [0.25, 0.3) is 0 Å². The monoisotopic (exact) mass is 256 g/mol. The Hall–Kier alpha value is -0.990. The van der Waals surface area contributed by atoms with Crippen LogP contribution in [0.5, 0.6) is 0 Å². The maximum absolute atomic E-state index is 13.0. The third-order valence-electron chi connectivity index (χ3n) is 4.28. The summed E-state index contributed by atoms with van der Waals surface area (Å²) in [7, 11) is 0. The van der Waals surface area contributed by atoms with Crippen molar-refractivity contribution in [2.75, 3.05) is 0 Å². The lowest BCUT2D eigenvalue weighted by atomic mass is 9.90. The molecular weight excluding hydrogens is 237 g/mol. The first-order valence-corrected chi connectivity index (χ1v) is 6.60. The van der Waals surface area contributed by atoms with E-state index in [1.54, 1.807) is 12.1 Å². The molecule has 0 amide bonds. The molecule has 1 unspecified atom stereocenters. The van der Waals surface area contributed by atoms with Gasteiger partial charge < -0.3 is 0 Å². The second-order valence-electron chi connectivity index (χ2n) is 5.31. The van der Waals surface area contributed by atoms with E-state index in [-0.39, 0.29) is 11.3 Å². The van der Waals surface area contributed by atoms with E-state index in [4.69, 9.17) is 0 Å². The van der Waals surface area contributed by atoms with Gasteiger partial charge in [-0.2, -0.15) is 13.2 Å². The summed E-state index contributed by atoms with van der Waals surface area (Å²) in [4.78, 5) is 0. The third-order valence-corrected chi connectivity index (χ3v) is 4.28. The van der Waals surface area contributed by atoms with Crippen LogP contribution in [-0.2, 0) is 6.18 Å². The van der Waals surface area contributed by atoms with E-state index >= 15 is 0 Å². The Balaban J connectivity index is 2.31.